The summed E-state index contributed by atoms with van der Waals surface area (Å²) in [5.41, 5.74) is 8.41. The monoisotopic (exact) mass is 587 g/mol. The number of rotatable bonds is 9. The van der Waals surface area contributed by atoms with Gasteiger partial charge in [-0.05, 0) is 122 Å². The highest BCUT2D eigenvalue weighted by atomic mass is 31.1. The molecule has 5 heteroatoms. The Hall–Kier alpha value is -1.56. The van der Waals surface area contributed by atoms with E-state index in [0.717, 1.165) is 28.3 Å². The lowest BCUT2D eigenvalue weighted by atomic mass is 10.1. The lowest BCUT2D eigenvalue weighted by Gasteiger charge is -2.32. The summed E-state index contributed by atoms with van der Waals surface area (Å²) >= 11 is 0. The van der Waals surface area contributed by atoms with Crippen molar-refractivity contribution in [1.82, 2.24) is 0 Å². The first-order valence-corrected chi connectivity index (χ1v) is 20.1. The van der Waals surface area contributed by atoms with E-state index in [2.05, 4.69) is 18.2 Å². The van der Waals surface area contributed by atoms with E-state index in [4.69, 9.17) is 0 Å². The summed E-state index contributed by atoms with van der Waals surface area (Å²) in [5.74, 6) is -0.284. The zero-order valence-electron chi connectivity index (χ0n) is 24.7. The Morgan fingerprint density at radius 2 is 0.878 bits per heavy atom. The van der Waals surface area contributed by atoms with Gasteiger partial charge in [-0.2, -0.15) is 0 Å². The zero-order chi connectivity index (χ0) is 27.8. The van der Waals surface area contributed by atoms with Gasteiger partial charge in [0.05, 0.1) is 16.8 Å². The standard InChI is InChI=1S/C36H47NO2P2/c38-35-33-19-9-10-20-34(33)36(39)37(35)28-22-26(24-40(29-11-1-2-12-29)30-13-3-4-14-30)21-27(23-28)25-41(31-15-5-6-16-31)32-17-7-8-18-32/h9-10,19-23,29-32H,1-8,11-18,24-25H2. The van der Waals surface area contributed by atoms with Gasteiger partial charge in [0, 0.05) is 0 Å². The number of nitrogens with zero attached hydrogens (tertiary/aromatic N) is 1. The Bertz CT molecular complexity index is 1130. The van der Waals surface area contributed by atoms with E-state index in [1.54, 1.807) is 0 Å². The van der Waals surface area contributed by atoms with Gasteiger partial charge in [0.2, 0.25) is 0 Å². The zero-order valence-corrected chi connectivity index (χ0v) is 26.5. The Kier molecular flexibility index (Phi) is 8.66. The van der Waals surface area contributed by atoms with Crippen molar-refractivity contribution in [3.8, 4) is 0 Å². The maximum Gasteiger partial charge on any atom is 0.266 e. The second-order valence-electron chi connectivity index (χ2n) is 13.6. The molecule has 4 saturated carbocycles. The van der Waals surface area contributed by atoms with Gasteiger partial charge in [-0.15, -0.1) is 0 Å². The van der Waals surface area contributed by atoms with E-state index in [1.165, 1.54) is 131 Å². The molecule has 41 heavy (non-hydrogen) atoms. The number of hydrogen-bond acceptors (Lipinski definition) is 2. The third-order valence-electron chi connectivity index (χ3n) is 11.0. The van der Waals surface area contributed by atoms with Crippen molar-refractivity contribution in [2.75, 3.05) is 4.90 Å². The fraction of sp³-hybridized carbons (Fsp3) is 0.611. The summed E-state index contributed by atoms with van der Waals surface area (Å²) in [6.07, 6.45) is 25.0. The number of fused-ring (bicyclic) bond motifs is 1. The van der Waals surface area contributed by atoms with Crippen LogP contribution in [0, 0.1) is 0 Å². The van der Waals surface area contributed by atoms with Gasteiger partial charge in [0.15, 0.2) is 0 Å². The Labute approximate surface area is 249 Å². The van der Waals surface area contributed by atoms with Crippen molar-refractivity contribution in [2.45, 2.75) is 138 Å². The molecule has 0 unspecified atom stereocenters. The van der Waals surface area contributed by atoms with Crippen LogP contribution in [0.2, 0.25) is 0 Å². The van der Waals surface area contributed by atoms with Crippen LogP contribution in [-0.4, -0.2) is 34.5 Å². The minimum atomic E-state index is -0.142. The van der Waals surface area contributed by atoms with Crippen molar-refractivity contribution in [3.05, 3.63) is 64.7 Å². The van der Waals surface area contributed by atoms with Crippen LogP contribution in [0.5, 0.6) is 0 Å². The van der Waals surface area contributed by atoms with Crippen molar-refractivity contribution in [1.29, 1.82) is 0 Å². The molecule has 0 bridgehead atoms. The van der Waals surface area contributed by atoms with Crippen LogP contribution in [0.15, 0.2) is 42.5 Å². The van der Waals surface area contributed by atoms with Crippen molar-refractivity contribution >= 4 is 33.3 Å². The van der Waals surface area contributed by atoms with Crippen molar-refractivity contribution < 1.29 is 9.59 Å². The number of imide groups is 1. The number of carbonyl (C=O) groups excluding carboxylic acids is 2. The van der Waals surface area contributed by atoms with E-state index in [9.17, 15) is 9.59 Å². The van der Waals surface area contributed by atoms with Gasteiger partial charge in [-0.25, -0.2) is 4.90 Å². The smallest absolute Gasteiger partial charge is 0.266 e. The number of anilines is 1. The molecule has 2 aromatic carbocycles. The fourth-order valence-corrected chi connectivity index (χ4v) is 16.5. The van der Waals surface area contributed by atoms with E-state index >= 15 is 0 Å². The minimum Gasteiger partial charge on any atom is -0.268 e. The molecule has 4 aliphatic carbocycles. The predicted octanol–water partition coefficient (Wildman–Crippen LogP) is 10.2. The first-order chi connectivity index (χ1) is 20.2. The molecule has 0 spiro atoms. The molecular weight excluding hydrogens is 540 g/mol. The molecule has 1 aliphatic heterocycles. The quantitative estimate of drug-likeness (QED) is 0.216. The summed E-state index contributed by atoms with van der Waals surface area (Å²) in [6.45, 7) is 0. The van der Waals surface area contributed by atoms with Gasteiger partial charge < -0.3 is 0 Å². The van der Waals surface area contributed by atoms with Gasteiger partial charge >= 0.3 is 0 Å². The van der Waals surface area contributed by atoms with Gasteiger partial charge in [-0.3, -0.25) is 9.59 Å². The molecule has 7 rings (SSSR count). The molecule has 218 valence electrons. The normalized spacial score (nSPS) is 22.8. The summed E-state index contributed by atoms with van der Waals surface area (Å²) in [4.78, 5) is 28.8. The predicted molar refractivity (Wildman–Crippen MR) is 174 cm³/mol. The number of carbonyl (C=O) groups is 2. The van der Waals surface area contributed by atoms with Crippen LogP contribution in [0.1, 0.15) is 135 Å². The van der Waals surface area contributed by atoms with E-state index in [0.29, 0.717) is 11.1 Å². The van der Waals surface area contributed by atoms with E-state index in [1.807, 2.05) is 24.3 Å². The van der Waals surface area contributed by atoms with Gasteiger partial charge in [0.25, 0.3) is 11.8 Å². The molecule has 4 fully saturated rings. The maximum atomic E-state index is 13.6. The number of amides is 2. The maximum absolute atomic E-state index is 13.6. The number of hydrogen-bond donors (Lipinski definition) is 0. The molecule has 0 aromatic heterocycles. The van der Waals surface area contributed by atoms with Gasteiger partial charge in [0.1, 0.15) is 0 Å². The van der Waals surface area contributed by atoms with Crippen LogP contribution < -0.4 is 4.90 Å². The van der Waals surface area contributed by atoms with Crippen molar-refractivity contribution in [2.24, 2.45) is 0 Å². The summed E-state index contributed by atoms with van der Waals surface area (Å²) in [7, 11) is -0.131. The second-order valence-corrected chi connectivity index (χ2v) is 19.2. The summed E-state index contributed by atoms with van der Waals surface area (Å²) in [6, 6.07) is 14.4. The molecule has 1 heterocycles. The van der Waals surface area contributed by atoms with Crippen LogP contribution in [0.3, 0.4) is 0 Å². The van der Waals surface area contributed by atoms with Crippen LogP contribution >= 0.6 is 15.8 Å². The second kappa shape index (κ2) is 12.6. The molecule has 5 aliphatic rings. The molecule has 2 amide bonds. The highest BCUT2D eigenvalue weighted by Crippen LogP contribution is 2.61. The molecule has 0 N–H and O–H groups in total. The molecule has 2 aromatic rings. The van der Waals surface area contributed by atoms with Gasteiger partial charge in [-0.1, -0.05) is 85.4 Å². The molecule has 3 nitrogen and oxygen atoms in total. The number of benzene rings is 2. The van der Waals surface area contributed by atoms with Crippen molar-refractivity contribution in [3.63, 3.8) is 0 Å². The minimum absolute atomic E-state index is 0.0655. The molecule has 0 radical (unpaired) electrons. The first kappa shape index (κ1) is 28.2. The lowest BCUT2D eigenvalue weighted by Crippen LogP contribution is -2.29. The van der Waals surface area contributed by atoms with Crippen LogP contribution in [0.25, 0.3) is 0 Å². The van der Waals surface area contributed by atoms with E-state index < -0.39 is 0 Å². The first-order valence-electron chi connectivity index (χ1n) is 16.8. The largest absolute Gasteiger partial charge is 0.268 e. The SMILES string of the molecule is O=C1c2ccccc2C(=O)N1c1cc(CP(C2CCCC2)C2CCCC2)cc(CP(C2CCCC2)C2CCCC2)c1. The Morgan fingerprint density at radius 1 is 0.537 bits per heavy atom. The van der Waals surface area contributed by atoms with E-state index in [-0.39, 0.29) is 27.7 Å². The Morgan fingerprint density at radius 3 is 1.22 bits per heavy atom. The Balaban J connectivity index is 1.25. The third-order valence-corrected chi connectivity index (χ3v) is 18.3. The molecule has 0 saturated heterocycles. The highest BCUT2D eigenvalue weighted by Gasteiger charge is 2.38. The summed E-state index contributed by atoms with van der Waals surface area (Å²) < 4.78 is 0. The summed E-state index contributed by atoms with van der Waals surface area (Å²) in [5, 5.41) is 0. The third kappa shape index (κ3) is 5.85. The molecule has 0 atom stereocenters. The fourth-order valence-electron chi connectivity index (χ4n) is 8.96. The molecular formula is C36H47NO2P2. The average molecular weight is 588 g/mol. The highest BCUT2D eigenvalue weighted by molar-refractivity contribution is 7.58. The lowest BCUT2D eigenvalue weighted by molar-refractivity contribution is 0.0926. The topological polar surface area (TPSA) is 37.4 Å². The average Bonchev–Trinajstić information content (AvgIpc) is 3.84. The van der Waals surface area contributed by atoms with Crippen LogP contribution in [-0.2, 0) is 12.3 Å². The van der Waals surface area contributed by atoms with Crippen LogP contribution in [0.4, 0.5) is 5.69 Å².